The summed E-state index contributed by atoms with van der Waals surface area (Å²) in [5.74, 6) is 0.563. The molecule has 0 aliphatic rings. The van der Waals surface area contributed by atoms with Crippen molar-refractivity contribution in [1.29, 1.82) is 0 Å². The van der Waals surface area contributed by atoms with E-state index in [1.165, 1.54) is 0 Å². The van der Waals surface area contributed by atoms with Gasteiger partial charge in [0.1, 0.15) is 0 Å². The van der Waals surface area contributed by atoms with Crippen LogP contribution in [0.1, 0.15) is 34.1 Å². The Kier molecular flexibility index (Phi) is 5.77. The van der Waals surface area contributed by atoms with Crippen molar-refractivity contribution in [2.75, 3.05) is 19.0 Å². The summed E-state index contributed by atoms with van der Waals surface area (Å²) in [4.78, 5) is 0. The number of hydrogen-bond donors (Lipinski definition) is 1. The van der Waals surface area contributed by atoms with Crippen LogP contribution in [0.4, 0.5) is 0 Å². The molecule has 92 valence electrons. The van der Waals surface area contributed by atoms with Crippen molar-refractivity contribution in [3.05, 3.63) is 0 Å². The van der Waals surface area contributed by atoms with Crippen molar-refractivity contribution in [2.24, 2.45) is 16.5 Å². The molecule has 0 fully saturated rings. The lowest BCUT2D eigenvalue weighted by Gasteiger charge is -2.23. The van der Waals surface area contributed by atoms with Gasteiger partial charge < -0.3 is 4.74 Å². The predicted octanol–water partition coefficient (Wildman–Crippen LogP) is 1.36. The van der Waals surface area contributed by atoms with E-state index in [-0.39, 0.29) is 5.75 Å². The van der Waals surface area contributed by atoms with Gasteiger partial charge in [0, 0.05) is 12.0 Å². The zero-order chi connectivity index (χ0) is 12.1. The maximum atomic E-state index is 10.9. The van der Waals surface area contributed by atoms with E-state index in [9.17, 15) is 8.42 Å². The Labute approximate surface area is 93.2 Å². The van der Waals surface area contributed by atoms with Gasteiger partial charge in [0.2, 0.25) is 10.0 Å². The van der Waals surface area contributed by atoms with Crippen LogP contribution >= 0.6 is 0 Å². The number of hydrogen-bond acceptors (Lipinski definition) is 3. The van der Waals surface area contributed by atoms with Gasteiger partial charge in [-0.05, 0) is 12.3 Å². The van der Waals surface area contributed by atoms with Crippen LogP contribution in [0.15, 0.2) is 0 Å². The van der Waals surface area contributed by atoms with Gasteiger partial charge >= 0.3 is 0 Å². The van der Waals surface area contributed by atoms with E-state index in [0.29, 0.717) is 19.1 Å². The summed E-state index contributed by atoms with van der Waals surface area (Å²) in [6.45, 7) is 9.03. The fourth-order valence-corrected chi connectivity index (χ4v) is 2.43. The molecule has 0 unspecified atom stereocenters. The highest BCUT2D eigenvalue weighted by molar-refractivity contribution is 7.89. The number of sulfonamides is 1. The van der Waals surface area contributed by atoms with Crippen molar-refractivity contribution >= 4 is 10.0 Å². The van der Waals surface area contributed by atoms with Crippen LogP contribution in [0.5, 0.6) is 0 Å². The first-order valence-electron chi connectivity index (χ1n) is 5.21. The second-order valence-corrected chi connectivity index (χ2v) is 6.82. The smallest absolute Gasteiger partial charge is 0.209 e. The summed E-state index contributed by atoms with van der Waals surface area (Å²) < 4.78 is 27.3. The third-order valence-corrected chi connectivity index (χ3v) is 3.11. The molecule has 0 rings (SSSR count). The maximum absolute atomic E-state index is 10.9. The molecule has 0 aliphatic heterocycles. The molecule has 2 N–H and O–H groups in total. The van der Waals surface area contributed by atoms with E-state index in [0.717, 1.165) is 6.42 Å². The van der Waals surface area contributed by atoms with Crippen molar-refractivity contribution in [2.45, 2.75) is 34.1 Å². The minimum Gasteiger partial charge on any atom is -0.381 e. The Morgan fingerprint density at radius 1 is 1.33 bits per heavy atom. The highest BCUT2D eigenvalue weighted by Crippen LogP contribution is 2.17. The first-order chi connectivity index (χ1) is 6.62. The Balaban J connectivity index is 3.85. The number of nitrogens with two attached hydrogens (primary N) is 1. The highest BCUT2D eigenvalue weighted by atomic mass is 32.2. The van der Waals surface area contributed by atoms with Gasteiger partial charge in [-0.3, -0.25) is 0 Å². The molecular weight excluding hydrogens is 214 g/mol. The molecule has 15 heavy (non-hydrogen) atoms. The van der Waals surface area contributed by atoms with E-state index in [1.807, 2.05) is 13.8 Å². The Morgan fingerprint density at radius 3 is 2.27 bits per heavy atom. The van der Waals surface area contributed by atoms with Crippen LogP contribution in [-0.2, 0) is 14.8 Å². The third-order valence-electron chi connectivity index (χ3n) is 1.92. The molecule has 0 saturated heterocycles. The molecule has 0 aliphatic carbocycles. The van der Waals surface area contributed by atoms with Crippen LogP contribution in [0, 0.1) is 11.3 Å². The SMILES string of the molecule is CC(C)CCOCC(C)(C)CS(N)(=O)=O. The fraction of sp³-hybridized carbons (Fsp3) is 1.00. The summed E-state index contributed by atoms with van der Waals surface area (Å²) in [6.07, 6.45) is 0.992. The molecule has 0 aromatic rings. The molecule has 5 heteroatoms. The van der Waals surface area contributed by atoms with Gasteiger partial charge in [0.05, 0.1) is 12.4 Å². The Bertz CT molecular complexity index is 270. The molecule has 0 atom stereocenters. The zero-order valence-electron chi connectivity index (χ0n) is 10.1. The quantitative estimate of drug-likeness (QED) is 0.680. The third kappa shape index (κ3) is 10.2. The molecule has 4 nitrogen and oxygen atoms in total. The van der Waals surface area contributed by atoms with Gasteiger partial charge in [-0.15, -0.1) is 0 Å². The standard InChI is InChI=1S/C10H23NO3S/c1-9(2)5-6-14-7-10(3,4)8-15(11,12)13/h9H,5-8H2,1-4H3,(H2,11,12,13). The van der Waals surface area contributed by atoms with Crippen molar-refractivity contribution in [3.63, 3.8) is 0 Å². The van der Waals surface area contributed by atoms with Crippen LogP contribution in [0.25, 0.3) is 0 Å². The molecule has 0 bridgehead atoms. The summed E-state index contributed by atoms with van der Waals surface area (Å²) in [7, 11) is -3.42. The summed E-state index contributed by atoms with van der Waals surface area (Å²) in [5, 5.41) is 4.99. The van der Waals surface area contributed by atoms with E-state index in [2.05, 4.69) is 13.8 Å². The van der Waals surface area contributed by atoms with Crippen LogP contribution in [-0.4, -0.2) is 27.4 Å². The summed E-state index contributed by atoms with van der Waals surface area (Å²) in [5.41, 5.74) is -0.412. The van der Waals surface area contributed by atoms with E-state index >= 15 is 0 Å². The Morgan fingerprint density at radius 2 is 1.87 bits per heavy atom. The molecule has 0 spiro atoms. The van der Waals surface area contributed by atoms with Gasteiger partial charge in [-0.1, -0.05) is 27.7 Å². The second-order valence-electron chi connectivity index (χ2n) is 5.21. The molecule has 0 heterocycles. The van der Waals surface area contributed by atoms with Gasteiger partial charge in [0.25, 0.3) is 0 Å². The van der Waals surface area contributed by atoms with Crippen LogP contribution in [0.2, 0.25) is 0 Å². The van der Waals surface area contributed by atoms with Crippen molar-refractivity contribution < 1.29 is 13.2 Å². The molecule has 0 aromatic carbocycles. The zero-order valence-corrected chi connectivity index (χ0v) is 10.9. The first kappa shape index (κ1) is 14.9. The fourth-order valence-electron chi connectivity index (χ4n) is 1.25. The molecular formula is C10H23NO3S. The normalized spacial score (nSPS) is 13.5. The second kappa shape index (κ2) is 5.82. The van der Waals surface area contributed by atoms with Gasteiger partial charge in [-0.25, -0.2) is 13.6 Å². The highest BCUT2D eigenvalue weighted by Gasteiger charge is 2.24. The average Bonchev–Trinajstić information content (AvgIpc) is 1.93. The minimum absolute atomic E-state index is 0.0400. The lowest BCUT2D eigenvalue weighted by atomic mass is 9.98. The average molecular weight is 237 g/mol. The van der Waals surface area contributed by atoms with Crippen molar-refractivity contribution in [1.82, 2.24) is 0 Å². The number of primary sulfonamides is 1. The number of ether oxygens (including phenoxy) is 1. The first-order valence-corrected chi connectivity index (χ1v) is 6.92. The maximum Gasteiger partial charge on any atom is 0.209 e. The predicted molar refractivity (Wildman–Crippen MR) is 62.0 cm³/mol. The Hall–Kier alpha value is -0.130. The minimum atomic E-state index is -3.42. The topological polar surface area (TPSA) is 69.4 Å². The van der Waals surface area contributed by atoms with Crippen LogP contribution < -0.4 is 5.14 Å². The monoisotopic (exact) mass is 237 g/mol. The lowest BCUT2D eigenvalue weighted by molar-refractivity contribution is 0.0659. The summed E-state index contributed by atoms with van der Waals surface area (Å²) in [6, 6.07) is 0. The van der Waals surface area contributed by atoms with Gasteiger partial charge in [0.15, 0.2) is 0 Å². The lowest BCUT2D eigenvalue weighted by Crippen LogP contribution is -2.32. The molecule has 0 radical (unpaired) electrons. The summed E-state index contributed by atoms with van der Waals surface area (Å²) >= 11 is 0. The largest absolute Gasteiger partial charge is 0.381 e. The van der Waals surface area contributed by atoms with E-state index < -0.39 is 15.4 Å². The van der Waals surface area contributed by atoms with Crippen molar-refractivity contribution in [3.8, 4) is 0 Å². The molecule has 0 saturated carbocycles. The molecule has 0 aromatic heterocycles. The number of rotatable bonds is 7. The molecule has 0 amide bonds. The van der Waals surface area contributed by atoms with E-state index in [4.69, 9.17) is 9.88 Å². The van der Waals surface area contributed by atoms with Crippen LogP contribution in [0.3, 0.4) is 0 Å². The van der Waals surface area contributed by atoms with E-state index in [1.54, 1.807) is 0 Å². The van der Waals surface area contributed by atoms with Gasteiger partial charge in [-0.2, -0.15) is 0 Å².